The Balaban J connectivity index is 2.26. The normalized spacial score (nSPS) is 10.6. The lowest BCUT2D eigenvalue weighted by atomic mass is 10.3. The molecule has 0 fully saturated rings. The summed E-state index contributed by atoms with van der Waals surface area (Å²) < 4.78 is 7.86. The average molecular weight is 330 g/mol. The molecule has 0 unspecified atom stereocenters. The van der Waals surface area contributed by atoms with Crippen LogP contribution in [0.5, 0.6) is 0 Å². The summed E-state index contributed by atoms with van der Waals surface area (Å²) in [4.78, 5) is 15.7. The van der Waals surface area contributed by atoms with Gasteiger partial charge < -0.3 is 9.14 Å². The summed E-state index contributed by atoms with van der Waals surface area (Å²) in [7, 11) is 0. The Hall–Kier alpha value is -1.11. The van der Waals surface area contributed by atoms with E-state index in [1.807, 2.05) is 28.9 Å². The monoisotopic (exact) mass is 330 g/mol. The number of hydrogen-bond donors (Lipinski definition) is 0. The van der Waals surface area contributed by atoms with Gasteiger partial charge in [0.05, 0.1) is 22.3 Å². The number of aromatic nitrogens is 2. The van der Waals surface area contributed by atoms with Crippen LogP contribution in [-0.2, 0) is 16.0 Å². The molecule has 5 heteroatoms. The van der Waals surface area contributed by atoms with Crippen molar-refractivity contribution in [1.29, 1.82) is 0 Å². The first-order valence-corrected chi connectivity index (χ1v) is 6.06. The van der Waals surface area contributed by atoms with E-state index >= 15 is 0 Å². The molecule has 0 atom stereocenters. The van der Waals surface area contributed by atoms with Gasteiger partial charge in [0.25, 0.3) is 0 Å². The van der Waals surface area contributed by atoms with Gasteiger partial charge in [-0.1, -0.05) is 0 Å². The Kier molecular flexibility index (Phi) is 3.42. The molecule has 0 saturated carbocycles. The van der Waals surface area contributed by atoms with Crippen molar-refractivity contribution in [2.45, 2.75) is 13.3 Å². The minimum Gasteiger partial charge on any atom is -0.466 e. The highest BCUT2D eigenvalue weighted by Gasteiger charge is 2.09. The lowest BCUT2D eigenvalue weighted by molar-refractivity contribution is -0.142. The Labute approximate surface area is 107 Å². The molecule has 0 amide bonds. The molecular formula is C11H11IN2O2. The third-order valence-corrected chi connectivity index (χ3v) is 2.96. The Morgan fingerprint density at radius 3 is 3.12 bits per heavy atom. The summed E-state index contributed by atoms with van der Waals surface area (Å²) in [6.07, 6.45) is 4.00. The van der Waals surface area contributed by atoms with Crippen molar-refractivity contribution in [3.63, 3.8) is 0 Å². The maximum absolute atomic E-state index is 11.3. The molecule has 84 valence electrons. The fraction of sp³-hybridized carbons (Fsp3) is 0.273. The molecule has 2 heterocycles. The molecular weight excluding hydrogens is 319 g/mol. The van der Waals surface area contributed by atoms with Gasteiger partial charge in [-0.3, -0.25) is 4.79 Å². The number of carbonyl (C=O) groups excluding carboxylic acids is 1. The molecule has 0 aromatic carbocycles. The smallest absolute Gasteiger partial charge is 0.311 e. The van der Waals surface area contributed by atoms with Crippen molar-refractivity contribution in [3.8, 4) is 0 Å². The number of esters is 1. The van der Waals surface area contributed by atoms with Crippen LogP contribution in [0, 0.1) is 3.57 Å². The number of hydrogen-bond acceptors (Lipinski definition) is 3. The van der Waals surface area contributed by atoms with Gasteiger partial charge in [0.15, 0.2) is 5.65 Å². The second kappa shape index (κ2) is 4.82. The summed E-state index contributed by atoms with van der Waals surface area (Å²) in [5, 5.41) is 0. The van der Waals surface area contributed by atoms with Gasteiger partial charge in [0.1, 0.15) is 0 Å². The Morgan fingerprint density at radius 2 is 2.44 bits per heavy atom. The van der Waals surface area contributed by atoms with Crippen LogP contribution in [0.3, 0.4) is 0 Å². The first-order valence-electron chi connectivity index (χ1n) is 4.98. The number of carbonyl (C=O) groups is 1. The van der Waals surface area contributed by atoms with Crippen molar-refractivity contribution in [2.24, 2.45) is 0 Å². The second-order valence-corrected chi connectivity index (χ2v) is 4.46. The number of imidazole rings is 1. The maximum Gasteiger partial charge on any atom is 0.311 e. The highest BCUT2D eigenvalue weighted by atomic mass is 127. The first kappa shape index (κ1) is 11.4. The highest BCUT2D eigenvalue weighted by molar-refractivity contribution is 14.1. The molecule has 0 aliphatic carbocycles. The van der Waals surface area contributed by atoms with Crippen molar-refractivity contribution in [1.82, 2.24) is 9.38 Å². The van der Waals surface area contributed by atoms with Crippen LogP contribution in [0.25, 0.3) is 5.65 Å². The van der Waals surface area contributed by atoms with Crippen LogP contribution >= 0.6 is 22.6 Å². The lowest BCUT2D eigenvalue weighted by Gasteiger charge is -1.97. The number of halogens is 1. The van der Waals surface area contributed by atoms with E-state index in [9.17, 15) is 4.79 Å². The molecule has 0 bridgehead atoms. The van der Waals surface area contributed by atoms with Gasteiger partial charge >= 0.3 is 5.97 Å². The zero-order valence-corrected chi connectivity index (χ0v) is 11.0. The zero-order valence-electron chi connectivity index (χ0n) is 8.81. The van der Waals surface area contributed by atoms with Crippen LogP contribution in [0.15, 0.2) is 24.5 Å². The van der Waals surface area contributed by atoms with Crippen molar-refractivity contribution in [3.05, 3.63) is 33.8 Å². The van der Waals surface area contributed by atoms with Crippen molar-refractivity contribution in [2.75, 3.05) is 6.61 Å². The third-order valence-electron chi connectivity index (χ3n) is 2.12. The van der Waals surface area contributed by atoms with E-state index in [1.54, 1.807) is 6.92 Å². The number of pyridine rings is 1. The van der Waals surface area contributed by atoms with Crippen LogP contribution in [0.1, 0.15) is 12.6 Å². The Bertz CT molecular complexity index is 522. The van der Waals surface area contributed by atoms with Crippen LogP contribution in [-0.4, -0.2) is 22.0 Å². The summed E-state index contributed by atoms with van der Waals surface area (Å²) in [6.45, 7) is 2.20. The second-order valence-electron chi connectivity index (χ2n) is 3.30. The van der Waals surface area contributed by atoms with Gasteiger partial charge in [0.2, 0.25) is 0 Å². The molecule has 2 rings (SSSR count). The van der Waals surface area contributed by atoms with Crippen molar-refractivity contribution >= 4 is 34.2 Å². The van der Waals surface area contributed by atoms with Crippen LogP contribution in [0.4, 0.5) is 0 Å². The number of ether oxygens (including phenoxy) is 1. The van der Waals surface area contributed by atoms with E-state index in [0.717, 1.165) is 14.9 Å². The largest absolute Gasteiger partial charge is 0.466 e. The van der Waals surface area contributed by atoms with E-state index in [0.29, 0.717) is 6.61 Å². The lowest BCUT2D eigenvalue weighted by Crippen LogP contribution is -2.07. The van der Waals surface area contributed by atoms with E-state index < -0.39 is 0 Å². The molecule has 0 saturated heterocycles. The molecule has 0 radical (unpaired) electrons. The minimum absolute atomic E-state index is 0.228. The zero-order chi connectivity index (χ0) is 11.5. The molecule has 0 aliphatic heterocycles. The molecule has 4 nitrogen and oxygen atoms in total. The fourth-order valence-corrected chi connectivity index (χ4v) is 2.08. The summed E-state index contributed by atoms with van der Waals surface area (Å²) in [5.41, 5.74) is 1.62. The van der Waals surface area contributed by atoms with Gasteiger partial charge in [-0.05, 0) is 41.6 Å². The van der Waals surface area contributed by atoms with E-state index in [-0.39, 0.29) is 12.4 Å². The van der Waals surface area contributed by atoms with E-state index in [2.05, 4.69) is 27.6 Å². The average Bonchev–Trinajstić information content (AvgIpc) is 2.62. The fourth-order valence-electron chi connectivity index (χ4n) is 1.47. The third kappa shape index (κ3) is 2.34. The van der Waals surface area contributed by atoms with Crippen LogP contribution in [0.2, 0.25) is 0 Å². The maximum atomic E-state index is 11.3. The van der Waals surface area contributed by atoms with Crippen LogP contribution < -0.4 is 0 Å². The predicted molar refractivity (Wildman–Crippen MR) is 68.2 cm³/mol. The molecule has 0 N–H and O–H groups in total. The number of fused-ring (bicyclic) bond motifs is 1. The molecule has 2 aromatic rings. The quantitative estimate of drug-likeness (QED) is 0.639. The van der Waals surface area contributed by atoms with E-state index in [1.165, 1.54) is 0 Å². The number of nitrogens with zero attached hydrogens (tertiary/aromatic N) is 2. The minimum atomic E-state index is -0.235. The van der Waals surface area contributed by atoms with Gasteiger partial charge in [-0.15, -0.1) is 0 Å². The SMILES string of the molecule is CCOC(=O)Cc1cn2cccc(I)c2n1. The van der Waals surface area contributed by atoms with Crippen molar-refractivity contribution < 1.29 is 9.53 Å². The molecule has 0 spiro atoms. The summed E-state index contributed by atoms with van der Waals surface area (Å²) in [5.74, 6) is -0.235. The number of rotatable bonds is 3. The predicted octanol–water partition coefficient (Wildman–Crippen LogP) is 2.04. The summed E-state index contributed by atoms with van der Waals surface area (Å²) in [6, 6.07) is 3.93. The standard InChI is InChI=1S/C11H11IN2O2/c1-2-16-10(15)6-8-7-14-5-3-4-9(12)11(14)13-8/h3-5,7H,2,6H2,1H3. The molecule has 16 heavy (non-hydrogen) atoms. The van der Waals surface area contributed by atoms with Gasteiger partial charge in [0, 0.05) is 12.4 Å². The van der Waals surface area contributed by atoms with E-state index in [4.69, 9.17) is 4.74 Å². The molecule has 0 aliphatic rings. The van der Waals surface area contributed by atoms with Gasteiger partial charge in [-0.2, -0.15) is 0 Å². The topological polar surface area (TPSA) is 43.6 Å². The highest BCUT2D eigenvalue weighted by Crippen LogP contribution is 2.13. The van der Waals surface area contributed by atoms with Gasteiger partial charge in [-0.25, -0.2) is 4.98 Å². The summed E-state index contributed by atoms with van der Waals surface area (Å²) >= 11 is 2.22. The Morgan fingerprint density at radius 1 is 1.62 bits per heavy atom. The molecule has 2 aromatic heterocycles. The first-order chi connectivity index (χ1) is 7.70.